The number of phenolic OH excluding ortho intramolecular Hbond substituents is 1. The molecule has 1 unspecified atom stereocenters. The largest absolute Gasteiger partial charge is 0.508 e. The van der Waals surface area contributed by atoms with Crippen molar-refractivity contribution in [2.45, 2.75) is 52.8 Å². The minimum Gasteiger partial charge on any atom is -0.508 e. The van der Waals surface area contributed by atoms with Crippen molar-refractivity contribution in [3.63, 3.8) is 0 Å². The van der Waals surface area contributed by atoms with E-state index in [0.29, 0.717) is 29.2 Å². The van der Waals surface area contributed by atoms with Gasteiger partial charge in [0.05, 0.1) is 24.8 Å². The number of rotatable bonds is 7. The molecule has 1 heterocycles. The first-order valence-electron chi connectivity index (χ1n) is 12.6. The molecule has 0 bridgehead atoms. The molecule has 0 aliphatic carbocycles. The van der Waals surface area contributed by atoms with Crippen molar-refractivity contribution in [3.05, 3.63) is 94.6 Å². The Morgan fingerprint density at radius 2 is 1.66 bits per heavy atom. The number of aliphatic hydroxyl groups excluding tert-OH is 1. The second kappa shape index (κ2) is 10.6. The Hall–Kier alpha value is -4.26. The van der Waals surface area contributed by atoms with Gasteiger partial charge in [-0.15, -0.1) is 0 Å². The molecule has 0 saturated carbocycles. The van der Waals surface area contributed by atoms with Gasteiger partial charge >= 0.3 is 0 Å². The molecule has 0 aromatic heterocycles. The number of carbonyl (C=O) groups excluding carboxylic acids is 2. The van der Waals surface area contributed by atoms with Crippen molar-refractivity contribution in [1.82, 2.24) is 4.90 Å². The zero-order chi connectivity index (χ0) is 27.6. The van der Waals surface area contributed by atoms with Crippen molar-refractivity contribution < 1.29 is 29.3 Å². The van der Waals surface area contributed by atoms with E-state index in [0.717, 1.165) is 11.1 Å². The van der Waals surface area contributed by atoms with Gasteiger partial charge in [0.2, 0.25) is 0 Å². The summed E-state index contributed by atoms with van der Waals surface area (Å²) < 4.78 is 11.7. The molecule has 0 radical (unpaired) electrons. The van der Waals surface area contributed by atoms with Crippen LogP contribution < -0.4 is 9.47 Å². The molecule has 3 aromatic carbocycles. The molecule has 38 heavy (non-hydrogen) atoms. The van der Waals surface area contributed by atoms with Crippen molar-refractivity contribution in [2.75, 3.05) is 6.61 Å². The molecule has 1 fully saturated rings. The van der Waals surface area contributed by atoms with Gasteiger partial charge in [0.25, 0.3) is 11.7 Å². The van der Waals surface area contributed by atoms with Gasteiger partial charge in [-0.1, -0.05) is 30.3 Å². The number of aliphatic hydroxyl groups is 1. The summed E-state index contributed by atoms with van der Waals surface area (Å²) in [5.74, 6) is -0.436. The zero-order valence-corrected chi connectivity index (χ0v) is 22.3. The topological polar surface area (TPSA) is 96.3 Å². The van der Waals surface area contributed by atoms with Crippen molar-refractivity contribution in [3.8, 4) is 17.2 Å². The molecule has 3 aromatic rings. The Bertz CT molecular complexity index is 1380. The molecular weight excluding hydrogens is 482 g/mol. The maximum atomic E-state index is 13.4. The normalized spacial score (nSPS) is 17.1. The predicted molar refractivity (Wildman–Crippen MR) is 145 cm³/mol. The quantitative estimate of drug-likeness (QED) is 0.231. The predicted octanol–water partition coefficient (Wildman–Crippen LogP) is 5.90. The minimum absolute atomic E-state index is 0.0153. The van der Waals surface area contributed by atoms with Crippen LogP contribution in [0.15, 0.2) is 72.3 Å². The Morgan fingerprint density at radius 1 is 0.974 bits per heavy atom. The van der Waals surface area contributed by atoms with Crippen LogP contribution in [0.1, 0.15) is 56.0 Å². The smallest absolute Gasteiger partial charge is 0.295 e. The van der Waals surface area contributed by atoms with Gasteiger partial charge < -0.3 is 24.6 Å². The lowest BCUT2D eigenvalue weighted by atomic mass is 9.94. The highest BCUT2D eigenvalue weighted by Gasteiger charge is 2.46. The van der Waals surface area contributed by atoms with E-state index in [1.807, 2.05) is 58.9 Å². The van der Waals surface area contributed by atoms with Crippen LogP contribution >= 0.6 is 0 Å². The first kappa shape index (κ1) is 26.8. The Balaban J connectivity index is 1.83. The summed E-state index contributed by atoms with van der Waals surface area (Å²) in [5.41, 5.74) is 2.03. The fourth-order valence-electron chi connectivity index (χ4n) is 4.56. The van der Waals surface area contributed by atoms with Crippen LogP contribution in [0.5, 0.6) is 17.2 Å². The summed E-state index contributed by atoms with van der Waals surface area (Å²) in [5, 5.41) is 21.3. The SMILES string of the molecule is CCOc1ccc(/C(O)=C2/C(=O)C(=O)N(Cc3ccccc3OC(C)(C)C)C2c2ccc(O)cc2)cc1C. The summed E-state index contributed by atoms with van der Waals surface area (Å²) in [6.07, 6.45) is 0. The zero-order valence-electron chi connectivity index (χ0n) is 22.3. The second-order valence-electron chi connectivity index (χ2n) is 10.3. The summed E-state index contributed by atoms with van der Waals surface area (Å²) >= 11 is 0. The second-order valence-corrected chi connectivity index (χ2v) is 10.3. The molecule has 0 spiro atoms. The van der Waals surface area contributed by atoms with E-state index in [4.69, 9.17) is 9.47 Å². The lowest BCUT2D eigenvalue weighted by Gasteiger charge is -2.28. The highest BCUT2D eigenvalue weighted by molar-refractivity contribution is 6.46. The molecule has 1 aliphatic heterocycles. The molecular formula is C31H33NO6. The molecule has 4 rings (SSSR count). The lowest BCUT2D eigenvalue weighted by Crippen LogP contribution is -2.30. The number of carbonyl (C=O) groups is 2. The van der Waals surface area contributed by atoms with Gasteiger partial charge in [-0.3, -0.25) is 9.59 Å². The summed E-state index contributed by atoms with van der Waals surface area (Å²) in [6, 6.07) is 17.9. The van der Waals surface area contributed by atoms with E-state index < -0.39 is 23.3 Å². The Labute approximate surface area is 222 Å². The third kappa shape index (κ3) is 5.52. The van der Waals surface area contributed by atoms with Crippen LogP contribution in [-0.2, 0) is 16.1 Å². The van der Waals surface area contributed by atoms with Crippen LogP contribution in [0.25, 0.3) is 5.76 Å². The molecule has 198 valence electrons. The molecule has 2 N–H and O–H groups in total. The number of para-hydroxylation sites is 1. The maximum Gasteiger partial charge on any atom is 0.295 e. The minimum atomic E-state index is -0.870. The summed E-state index contributed by atoms with van der Waals surface area (Å²) in [7, 11) is 0. The Morgan fingerprint density at radius 3 is 2.29 bits per heavy atom. The maximum absolute atomic E-state index is 13.4. The number of hydrogen-bond acceptors (Lipinski definition) is 6. The monoisotopic (exact) mass is 515 g/mol. The number of ketones is 1. The molecule has 1 aliphatic rings. The van der Waals surface area contributed by atoms with Crippen molar-refractivity contribution in [2.24, 2.45) is 0 Å². The van der Waals surface area contributed by atoms with Crippen molar-refractivity contribution >= 4 is 17.4 Å². The van der Waals surface area contributed by atoms with E-state index in [-0.39, 0.29) is 23.6 Å². The number of likely N-dealkylation sites (tertiary alicyclic amines) is 1. The number of Topliss-reactive ketones (excluding diaryl/α,β-unsaturated/α-hetero) is 1. The number of benzene rings is 3. The van der Waals surface area contributed by atoms with Crippen LogP contribution in [0.4, 0.5) is 0 Å². The van der Waals surface area contributed by atoms with E-state index in [1.54, 1.807) is 30.3 Å². The standard InChI is InChI=1S/C31H33NO6/c1-6-37-24-16-13-21(17-19(24)2)28(34)26-27(20-11-14-23(33)15-12-20)32(30(36)29(26)35)18-22-9-7-8-10-25(22)38-31(3,4)5/h7-17,27,33-34H,6,18H2,1-5H3/b28-26-. The molecule has 1 saturated heterocycles. The van der Waals surface area contributed by atoms with Crippen LogP contribution in [0, 0.1) is 6.92 Å². The highest BCUT2D eigenvalue weighted by atomic mass is 16.5. The van der Waals surface area contributed by atoms with E-state index in [9.17, 15) is 19.8 Å². The fourth-order valence-corrected chi connectivity index (χ4v) is 4.56. The third-order valence-corrected chi connectivity index (χ3v) is 6.23. The fraction of sp³-hybridized carbons (Fsp3) is 0.290. The van der Waals surface area contributed by atoms with Crippen LogP contribution in [-0.4, -0.2) is 39.0 Å². The number of amides is 1. The van der Waals surface area contributed by atoms with Crippen LogP contribution in [0.2, 0.25) is 0 Å². The first-order valence-corrected chi connectivity index (χ1v) is 12.6. The number of ether oxygens (including phenoxy) is 2. The van der Waals surface area contributed by atoms with Gasteiger partial charge in [-0.2, -0.15) is 0 Å². The van der Waals surface area contributed by atoms with Gasteiger partial charge in [-0.05, 0) is 82.1 Å². The van der Waals surface area contributed by atoms with E-state index >= 15 is 0 Å². The van der Waals surface area contributed by atoms with E-state index in [1.165, 1.54) is 17.0 Å². The molecule has 1 amide bonds. The number of nitrogens with zero attached hydrogens (tertiary/aromatic N) is 1. The first-order chi connectivity index (χ1) is 18.0. The molecule has 7 heteroatoms. The van der Waals surface area contributed by atoms with Gasteiger partial charge in [0, 0.05) is 11.1 Å². The molecule has 7 nitrogen and oxygen atoms in total. The average molecular weight is 516 g/mol. The number of hydrogen-bond donors (Lipinski definition) is 2. The number of aryl methyl sites for hydroxylation is 1. The highest BCUT2D eigenvalue weighted by Crippen LogP contribution is 2.42. The van der Waals surface area contributed by atoms with Crippen LogP contribution in [0.3, 0.4) is 0 Å². The number of phenols is 1. The van der Waals surface area contributed by atoms with Gasteiger partial charge in [0.15, 0.2) is 0 Å². The van der Waals surface area contributed by atoms with Gasteiger partial charge in [-0.25, -0.2) is 0 Å². The summed E-state index contributed by atoms with van der Waals surface area (Å²) in [6.45, 7) is 10.1. The van der Waals surface area contributed by atoms with Crippen molar-refractivity contribution in [1.29, 1.82) is 0 Å². The number of aromatic hydroxyl groups is 1. The lowest BCUT2D eigenvalue weighted by molar-refractivity contribution is -0.140. The average Bonchev–Trinajstić information content (AvgIpc) is 3.10. The van der Waals surface area contributed by atoms with E-state index in [2.05, 4.69) is 0 Å². The van der Waals surface area contributed by atoms with Gasteiger partial charge in [0.1, 0.15) is 28.6 Å². The molecule has 1 atom stereocenters. The Kier molecular flexibility index (Phi) is 7.49. The third-order valence-electron chi connectivity index (χ3n) is 6.23. The summed E-state index contributed by atoms with van der Waals surface area (Å²) in [4.78, 5) is 28.3.